The van der Waals surface area contributed by atoms with E-state index in [2.05, 4.69) is 10.6 Å². The Morgan fingerprint density at radius 2 is 2.32 bits per heavy atom. The maximum Gasteiger partial charge on any atom is 0.261 e. The van der Waals surface area contributed by atoms with Gasteiger partial charge in [0.2, 0.25) is 0 Å². The van der Waals surface area contributed by atoms with E-state index in [0.29, 0.717) is 10.8 Å². The molecule has 0 bridgehead atoms. The molecule has 2 N–H and O–H groups in total. The van der Waals surface area contributed by atoms with E-state index in [4.69, 9.17) is 16.3 Å². The number of rotatable bonds is 4. The first-order chi connectivity index (χ1) is 9.16. The van der Waals surface area contributed by atoms with Gasteiger partial charge in [-0.1, -0.05) is 23.7 Å². The molecule has 0 spiro atoms. The molecule has 1 saturated heterocycles. The van der Waals surface area contributed by atoms with Crippen molar-refractivity contribution in [1.29, 1.82) is 0 Å². The van der Waals surface area contributed by atoms with Crippen LogP contribution in [0.1, 0.15) is 19.8 Å². The van der Waals surface area contributed by atoms with Crippen molar-refractivity contribution in [2.45, 2.75) is 31.9 Å². The fourth-order valence-corrected chi connectivity index (χ4v) is 2.26. The van der Waals surface area contributed by atoms with E-state index >= 15 is 0 Å². The van der Waals surface area contributed by atoms with Crippen LogP contribution in [-0.2, 0) is 4.79 Å². The molecule has 1 aliphatic rings. The van der Waals surface area contributed by atoms with Gasteiger partial charge in [-0.3, -0.25) is 4.79 Å². The number of piperidine rings is 1. The molecular formula is C14H19ClN2O2. The molecular weight excluding hydrogens is 264 g/mol. The largest absolute Gasteiger partial charge is 0.479 e. The van der Waals surface area contributed by atoms with Crippen molar-refractivity contribution in [3.63, 3.8) is 0 Å². The molecule has 1 heterocycles. The Morgan fingerprint density at radius 1 is 1.53 bits per heavy atom. The van der Waals surface area contributed by atoms with Gasteiger partial charge < -0.3 is 15.4 Å². The van der Waals surface area contributed by atoms with Crippen LogP contribution in [0, 0.1) is 0 Å². The lowest BCUT2D eigenvalue weighted by atomic mass is 10.1. The second-order valence-corrected chi connectivity index (χ2v) is 5.15. The second-order valence-electron chi connectivity index (χ2n) is 4.74. The topological polar surface area (TPSA) is 50.4 Å². The molecule has 19 heavy (non-hydrogen) atoms. The van der Waals surface area contributed by atoms with Crippen LogP contribution in [0.4, 0.5) is 0 Å². The van der Waals surface area contributed by atoms with E-state index in [1.807, 2.05) is 12.1 Å². The fraction of sp³-hybridized carbons (Fsp3) is 0.500. The Labute approximate surface area is 118 Å². The number of carbonyl (C=O) groups excluding carboxylic acids is 1. The summed E-state index contributed by atoms with van der Waals surface area (Å²) in [6.45, 7) is 3.58. The fourth-order valence-electron chi connectivity index (χ4n) is 2.08. The molecule has 4 nitrogen and oxygen atoms in total. The minimum absolute atomic E-state index is 0.103. The van der Waals surface area contributed by atoms with Gasteiger partial charge in [-0.05, 0) is 38.4 Å². The first kappa shape index (κ1) is 14.2. The van der Waals surface area contributed by atoms with Crippen LogP contribution >= 0.6 is 11.6 Å². The average Bonchev–Trinajstić information content (AvgIpc) is 2.42. The Morgan fingerprint density at radius 3 is 3.00 bits per heavy atom. The number of hydrogen-bond acceptors (Lipinski definition) is 3. The average molecular weight is 283 g/mol. The highest BCUT2D eigenvalue weighted by molar-refractivity contribution is 6.32. The van der Waals surface area contributed by atoms with Crippen molar-refractivity contribution in [3.8, 4) is 5.75 Å². The van der Waals surface area contributed by atoms with Crippen LogP contribution in [-0.4, -0.2) is 31.1 Å². The second kappa shape index (κ2) is 6.78. The quantitative estimate of drug-likeness (QED) is 0.888. The summed E-state index contributed by atoms with van der Waals surface area (Å²) in [6, 6.07) is 7.35. The maximum atomic E-state index is 12.0. The molecule has 0 aromatic heterocycles. The highest BCUT2D eigenvalue weighted by atomic mass is 35.5. The van der Waals surface area contributed by atoms with Gasteiger partial charge in [-0.15, -0.1) is 0 Å². The van der Waals surface area contributed by atoms with Crippen LogP contribution < -0.4 is 15.4 Å². The lowest BCUT2D eigenvalue weighted by molar-refractivity contribution is -0.128. The molecule has 1 fully saturated rings. The number of halogens is 1. The van der Waals surface area contributed by atoms with Gasteiger partial charge in [0.05, 0.1) is 5.02 Å². The standard InChI is InChI=1S/C14H19ClN2O2/c1-10(19-13-7-3-2-6-12(13)15)14(18)17-11-5-4-8-16-9-11/h2-3,6-7,10-11,16H,4-5,8-9H2,1H3,(H,17,18). The lowest BCUT2D eigenvalue weighted by Gasteiger charge is -2.25. The highest BCUT2D eigenvalue weighted by Gasteiger charge is 2.20. The third-order valence-electron chi connectivity index (χ3n) is 3.15. The number of carbonyl (C=O) groups is 1. The van der Waals surface area contributed by atoms with E-state index in [9.17, 15) is 4.79 Å². The van der Waals surface area contributed by atoms with Gasteiger partial charge in [-0.25, -0.2) is 0 Å². The predicted molar refractivity (Wildman–Crippen MR) is 75.6 cm³/mol. The van der Waals surface area contributed by atoms with Crippen LogP contribution in [0.3, 0.4) is 0 Å². The third kappa shape index (κ3) is 4.11. The summed E-state index contributed by atoms with van der Waals surface area (Å²) < 4.78 is 5.58. The molecule has 0 radical (unpaired) electrons. The molecule has 5 heteroatoms. The number of ether oxygens (including phenoxy) is 1. The summed E-state index contributed by atoms with van der Waals surface area (Å²) in [5.41, 5.74) is 0. The van der Waals surface area contributed by atoms with E-state index < -0.39 is 6.10 Å². The summed E-state index contributed by atoms with van der Waals surface area (Å²) in [4.78, 5) is 12.0. The Balaban J connectivity index is 1.87. The van der Waals surface area contributed by atoms with Crippen LogP contribution in [0.5, 0.6) is 5.75 Å². The van der Waals surface area contributed by atoms with E-state index in [1.165, 1.54) is 0 Å². The predicted octanol–water partition coefficient (Wildman–Crippen LogP) is 1.98. The van der Waals surface area contributed by atoms with Gasteiger partial charge in [-0.2, -0.15) is 0 Å². The van der Waals surface area contributed by atoms with Crippen molar-refractivity contribution in [1.82, 2.24) is 10.6 Å². The molecule has 0 aliphatic carbocycles. The van der Waals surface area contributed by atoms with E-state index in [1.54, 1.807) is 19.1 Å². The molecule has 1 aromatic rings. The smallest absolute Gasteiger partial charge is 0.261 e. The zero-order valence-corrected chi connectivity index (χ0v) is 11.7. The molecule has 0 saturated carbocycles. The molecule has 2 unspecified atom stereocenters. The van der Waals surface area contributed by atoms with E-state index in [0.717, 1.165) is 25.9 Å². The Kier molecular flexibility index (Phi) is 5.05. The number of nitrogens with one attached hydrogen (secondary N) is 2. The Hall–Kier alpha value is -1.26. The summed E-state index contributed by atoms with van der Waals surface area (Å²) >= 11 is 6.00. The maximum absolute atomic E-state index is 12.0. The van der Waals surface area contributed by atoms with Gasteiger partial charge in [0.15, 0.2) is 6.10 Å². The number of amides is 1. The van der Waals surface area contributed by atoms with Gasteiger partial charge >= 0.3 is 0 Å². The minimum atomic E-state index is -0.554. The van der Waals surface area contributed by atoms with Crippen molar-refractivity contribution in [2.75, 3.05) is 13.1 Å². The molecule has 1 aliphatic heterocycles. The molecule has 1 aromatic carbocycles. The van der Waals surface area contributed by atoms with E-state index in [-0.39, 0.29) is 11.9 Å². The van der Waals surface area contributed by atoms with Crippen molar-refractivity contribution < 1.29 is 9.53 Å². The highest BCUT2D eigenvalue weighted by Crippen LogP contribution is 2.24. The van der Waals surface area contributed by atoms with Gasteiger partial charge in [0.25, 0.3) is 5.91 Å². The lowest BCUT2D eigenvalue weighted by Crippen LogP contribution is -2.49. The normalized spacial score (nSPS) is 20.6. The minimum Gasteiger partial charge on any atom is -0.479 e. The summed E-state index contributed by atoms with van der Waals surface area (Å²) in [5, 5.41) is 6.77. The van der Waals surface area contributed by atoms with Gasteiger partial charge in [0.1, 0.15) is 5.75 Å². The zero-order valence-electron chi connectivity index (χ0n) is 11.0. The van der Waals surface area contributed by atoms with Crippen LogP contribution in [0.25, 0.3) is 0 Å². The number of benzene rings is 1. The molecule has 2 rings (SSSR count). The van der Waals surface area contributed by atoms with Gasteiger partial charge in [0, 0.05) is 12.6 Å². The monoisotopic (exact) mass is 282 g/mol. The number of para-hydroxylation sites is 1. The van der Waals surface area contributed by atoms with Crippen molar-refractivity contribution in [3.05, 3.63) is 29.3 Å². The first-order valence-corrected chi connectivity index (χ1v) is 6.97. The molecule has 104 valence electrons. The number of hydrogen-bond donors (Lipinski definition) is 2. The third-order valence-corrected chi connectivity index (χ3v) is 3.47. The summed E-state index contributed by atoms with van der Waals surface area (Å²) in [7, 11) is 0. The van der Waals surface area contributed by atoms with Crippen molar-refractivity contribution in [2.24, 2.45) is 0 Å². The summed E-state index contributed by atoms with van der Waals surface area (Å²) in [6.07, 6.45) is 1.55. The SMILES string of the molecule is CC(Oc1ccccc1Cl)C(=O)NC1CCCNC1. The first-order valence-electron chi connectivity index (χ1n) is 6.59. The molecule has 1 amide bonds. The van der Waals surface area contributed by atoms with Crippen LogP contribution in [0.15, 0.2) is 24.3 Å². The molecule has 2 atom stereocenters. The zero-order chi connectivity index (χ0) is 13.7. The van der Waals surface area contributed by atoms with Crippen molar-refractivity contribution >= 4 is 17.5 Å². The summed E-state index contributed by atoms with van der Waals surface area (Å²) in [5.74, 6) is 0.433. The Bertz CT molecular complexity index is 433. The van der Waals surface area contributed by atoms with Crippen LogP contribution in [0.2, 0.25) is 5.02 Å².